The van der Waals surface area contributed by atoms with Crippen LogP contribution in [-0.4, -0.2) is 28.3 Å². The van der Waals surface area contributed by atoms with Gasteiger partial charge in [-0.1, -0.05) is 60.7 Å². The van der Waals surface area contributed by atoms with Gasteiger partial charge in [-0.05, 0) is 93.4 Å². The van der Waals surface area contributed by atoms with Crippen molar-refractivity contribution in [2.24, 2.45) is 0 Å². The molecule has 0 aliphatic carbocycles. The maximum absolute atomic E-state index is 12.5. The van der Waals surface area contributed by atoms with Crippen molar-refractivity contribution < 1.29 is 19.1 Å². The Balaban J connectivity index is 1.27. The smallest absolute Gasteiger partial charge is 0.230 e. The number of hydrogen-bond acceptors (Lipinski definition) is 6. The van der Waals surface area contributed by atoms with Crippen molar-refractivity contribution in [1.82, 2.24) is 9.97 Å². The molecule has 2 aromatic heterocycles. The topological polar surface area (TPSA) is 78.4 Å². The highest BCUT2D eigenvalue weighted by Gasteiger charge is 2.22. The molecular formula is C37H24N2O4. The molecule has 0 bridgehead atoms. The van der Waals surface area contributed by atoms with E-state index in [1.54, 1.807) is 73.1 Å². The lowest BCUT2D eigenvalue weighted by Crippen LogP contribution is -2.03. The third kappa shape index (κ3) is 5.18. The van der Waals surface area contributed by atoms with E-state index in [2.05, 4.69) is 34.2 Å². The first kappa shape index (κ1) is 26.0. The minimum Gasteiger partial charge on any atom is -0.457 e. The van der Waals surface area contributed by atoms with E-state index in [0.29, 0.717) is 11.4 Å². The van der Waals surface area contributed by atoms with Crippen LogP contribution in [0, 0.1) is 0 Å². The average molecular weight is 561 g/mol. The van der Waals surface area contributed by atoms with Crippen molar-refractivity contribution in [3.05, 3.63) is 144 Å². The Morgan fingerprint density at radius 1 is 0.581 bits per heavy atom. The first-order valence-corrected chi connectivity index (χ1v) is 13.8. The molecule has 6 aromatic rings. The largest absolute Gasteiger partial charge is 0.457 e. The molecule has 4 aromatic carbocycles. The molecule has 7 rings (SSSR count). The molecule has 0 saturated heterocycles. The van der Waals surface area contributed by atoms with Crippen LogP contribution in [0.2, 0.25) is 0 Å². The summed E-state index contributed by atoms with van der Waals surface area (Å²) in [6, 6.07) is 30.7. The standard InChI is InChI=1S/C37H24N2O4/c40-32(30-5-1-3-19-38-30)15-9-24-7-13-28-26(21-24)11-17-34-36(28)37-29-14-8-25(10-16-33(41)31-6-2-4-20-39-31)22-27(29)12-18-35(37)43-23-42-34/h1-22H,23H2/b15-9-,16-10-. The zero-order valence-corrected chi connectivity index (χ0v) is 22.9. The van der Waals surface area contributed by atoms with Crippen LogP contribution < -0.4 is 9.47 Å². The van der Waals surface area contributed by atoms with Gasteiger partial charge in [-0.3, -0.25) is 19.6 Å². The quantitative estimate of drug-likeness (QED) is 0.152. The highest BCUT2D eigenvalue weighted by molar-refractivity contribution is 6.11. The monoisotopic (exact) mass is 560 g/mol. The molecule has 206 valence electrons. The van der Waals surface area contributed by atoms with Gasteiger partial charge in [0.1, 0.15) is 22.9 Å². The minimum atomic E-state index is -0.149. The summed E-state index contributed by atoms with van der Waals surface area (Å²) in [5, 5.41) is 4.03. The number of hydrogen-bond donors (Lipinski definition) is 0. The molecule has 1 aliphatic heterocycles. The molecule has 0 saturated carbocycles. The lowest BCUT2D eigenvalue weighted by Gasteiger charge is -2.14. The van der Waals surface area contributed by atoms with Crippen LogP contribution in [0.4, 0.5) is 0 Å². The number of allylic oxidation sites excluding steroid dienone is 2. The van der Waals surface area contributed by atoms with Crippen molar-refractivity contribution in [2.45, 2.75) is 0 Å². The average Bonchev–Trinajstić information content (AvgIpc) is 3.26. The van der Waals surface area contributed by atoms with E-state index in [4.69, 9.17) is 9.47 Å². The summed E-state index contributed by atoms with van der Waals surface area (Å²) in [6.07, 6.45) is 9.92. The van der Waals surface area contributed by atoms with Gasteiger partial charge in [-0.25, -0.2) is 0 Å². The van der Waals surface area contributed by atoms with Crippen LogP contribution in [0.3, 0.4) is 0 Å². The van der Waals surface area contributed by atoms with E-state index < -0.39 is 0 Å². The molecule has 0 amide bonds. The number of carbonyl (C=O) groups excluding carboxylic acids is 2. The fraction of sp³-hybridized carbons (Fsp3) is 0.0270. The fourth-order valence-corrected chi connectivity index (χ4v) is 5.31. The first-order valence-electron chi connectivity index (χ1n) is 13.8. The van der Waals surface area contributed by atoms with Gasteiger partial charge in [0.05, 0.1) is 0 Å². The minimum absolute atomic E-state index is 0.101. The molecule has 0 fully saturated rings. The van der Waals surface area contributed by atoms with E-state index in [-0.39, 0.29) is 18.4 Å². The fourth-order valence-electron chi connectivity index (χ4n) is 5.31. The van der Waals surface area contributed by atoms with E-state index >= 15 is 0 Å². The molecule has 0 atom stereocenters. The zero-order chi connectivity index (χ0) is 29.2. The van der Waals surface area contributed by atoms with Crippen LogP contribution in [0.5, 0.6) is 11.5 Å². The predicted molar refractivity (Wildman–Crippen MR) is 168 cm³/mol. The van der Waals surface area contributed by atoms with Crippen LogP contribution >= 0.6 is 0 Å². The second-order valence-corrected chi connectivity index (χ2v) is 10.1. The number of benzene rings is 4. The van der Waals surface area contributed by atoms with Gasteiger partial charge in [0, 0.05) is 23.5 Å². The van der Waals surface area contributed by atoms with E-state index in [1.807, 2.05) is 36.4 Å². The van der Waals surface area contributed by atoms with Crippen LogP contribution in [0.25, 0.3) is 44.8 Å². The summed E-state index contributed by atoms with van der Waals surface area (Å²) in [5.41, 5.74) is 4.51. The Morgan fingerprint density at radius 2 is 1.07 bits per heavy atom. The Hall–Kier alpha value is -5.88. The van der Waals surface area contributed by atoms with E-state index in [1.165, 1.54) is 0 Å². The van der Waals surface area contributed by atoms with Gasteiger partial charge in [-0.15, -0.1) is 0 Å². The summed E-state index contributed by atoms with van der Waals surface area (Å²) in [5.74, 6) is 1.17. The van der Waals surface area contributed by atoms with Gasteiger partial charge >= 0.3 is 0 Å². The van der Waals surface area contributed by atoms with Gasteiger partial charge in [0.15, 0.2) is 0 Å². The number of rotatable bonds is 6. The highest BCUT2D eigenvalue weighted by Crippen LogP contribution is 2.47. The van der Waals surface area contributed by atoms with Crippen LogP contribution in [0.15, 0.2) is 122 Å². The molecule has 0 radical (unpaired) electrons. The first-order chi connectivity index (χ1) is 21.1. The predicted octanol–water partition coefficient (Wildman–Crippen LogP) is 7.97. The molecule has 3 heterocycles. The Morgan fingerprint density at radius 3 is 1.51 bits per heavy atom. The van der Waals surface area contributed by atoms with Gasteiger partial charge in [-0.2, -0.15) is 0 Å². The van der Waals surface area contributed by atoms with Crippen molar-refractivity contribution in [1.29, 1.82) is 0 Å². The molecule has 0 unspecified atom stereocenters. The Labute approximate surface area is 247 Å². The zero-order valence-electron chi connectivity index (χ0n) is 22.9. The van der Waals surface area contributed by atoms with E-state index in [0.717, 1.165) is 55.3 Å². The Kier molecular flexibility index (Phi) is 6.77. The lowest BCUT2D eigenvalue weighted by atomic mass is 9.91. The Bertz CT molecular complexity index is 1930. The number of ketones is 2. The normalized spacial score (nSPS) is 12.5. The van der Waals surface area contributed by atoms with Crippen molar-refractivity contribution in [3.63, 3.8) is 0 Å². The molecule has 6 nitrogen and oxygen atoms in total. The van der Waals surface area contributed by atoms with Gasteiger partial charge in [0.2, 0.25) is 18.4 Å². The summed E-state index contributed by atoms with van der Waals surface area (Å²) in [7, 11) is 0. The molecule has 1 aliphatic rings. The SMILES string of the molecule is O=C(/C=C\c1ccc2c3c(ccc2c1)OCOc1ccc2cc(/C=C\C(=O)c4ccccn4)ccc2c1-3)c1ccccn1. The number of nitrogens with zero attached hydrogens (tertiary/aromatic N) is 2. The highest BCUT2D eigenvalue weighted by atomic mass is 16.7. The van der Waals surface area contributed by atoms with Crippen LogP contribution in [-0.2, 0) is 0 Å². The van der Waals surface area contributed by atoms with Crippen molar-refractivity contribution in [2.75, 3.05) is 6.79 Å². The molecule has 6 heteroatoms. The molecule has 43 heavy (non-hydrogen) atoms. The number of fused-ring (bicyclic) bond motifs is 7. The second kappa shape index (κ2) is 11.2. The summed E-state index contributed by atoms with van der Waals surface area (Å²) < 4.78 is 12.1. The maximum Gasteiger partial charge on any atom is 0.230 e. The number of pyridine rings is 2. The van der Waals surface area contributed by atoms with Crippen LogP contribution in [0.1, 0.15) is 32.1 Å². The third-order valence-corrected chi connectivity index (χ3v) is 7.38. The molecular weight excluding hydrogens is 536 g/mol. The van der Waals surface area contributed by atoms with Gasteiger partial charge < -0.3 is 9.47 Å². The summed E-state index contributed by atoms with van der Waals surface area (Å²) >= 11 is 0. The number of carbonyl (C=O) groups is 2. The number of ether oxygens (including phenoxy) is 2. The second-order valence-electron chi connectivity index (χ2n) is 10.1. The van der Waals surface area contributed by atoms with Gasteiger partial charge in [0.25, 0.3) is 0 Å². The van der Waals surface area contributed by atoms with Crippen molar-refractivity contribution >= 4 is 45.3 Å². The summed E-state index contributed by atoms with van der Waals surface area (Å²) in [6.45, 7) is 0.101. The van der Waals surface area contributed by atoms with E-state index in [9.17, 15) is 9.59 Å². The third-order valence-electron chi connectivity index (χ3n) is 7.38. The lowest BCUT2D eigenvalue weighted by molar-refractivity contribution is 0.103. The number of aromatic nitrogens is 2. The maximum atomic E-state index is 12.5. The van der Waals surface area contributed by atoms with Crippen molar-refractivity contribution in [3.8, 4) is 22.6 Å². The molecule has 0 spiro atoms. The molecule has 0 N–H and O–H groups in total. The summed E-state index contributed by atoms with van der Waals surface area (Å²) in [4.78, 5) is 33.3.